The molecule has 1 N–H and O–H groups in total. The molecule has 2 rings (SSSR count). The molecular weight excluding hydrogens is 248 g/mol. The molecule has 1 atom stereocenters. The maximum atomic E-state index is 5.36. The van der Waals surface area contributed by atoms with Crippen molar-refractivity contribution in [2.45, 2.75) is 64.3 Å². The lowest BCUT2D eigenvalue weighted by Gasteiger charge is -2.29. The molecule has 0 radical (unpaired) electrons. The van der Waals surface area contributed by atoms with Crippen molar-refractivity contribution in [1.82, 2.24) is 10.2 Å². The number of hydrogen-bond donors (Lipinski definition) is 1. The zero-order valence-electron chi connectivity index (χ0n) is 13.4. The fourth-order valence-electron chi connectivity index (χ4n) is 3.95. The van der Waals surface area contributed by atoms with Gasteiger partial charge in [-0.15, -0.1) is 0 Å². The monoisotopic (exact) mass is 282 g/mol. The summed E-state index contributed by atoms with van der Waals surface area (Å²) in [7, 11) is 0. The largest absolute Gasteiger partial charge is 0.382 e. The molecule has 1 unspecified atom stereocenters. The van der Waals surface area contributed by atoms with Crippen LogP contribution >= 0.6 is 0 Å². The van der Waals surface area contributed by atoms with Gasteiger partial charge < -0.3 is 10.1 Å². The van der Waals surface area contributed by atoms with Crippen LogP contribution in [0.3, 0.4) is 0 Å². The number of likely N-dealkylation sites (tertiary alicyclic amines) is 1. The van der Waals surface area contributed by atoms with E-state index in [2.05, 4.69) is 17.1 Å². The fourth-order valence-corrected chi connectivity index (χ4v) is 3.95. The first kappa shape index (κ1) is 16.3. The average molecular weight is 282 g/mol. The third-order valence-corrected chi connectivity index (χ3v) is 5.03. The van der Waals surface area contributed by atoms with Crippen molar-refractivity contribution in [2.75, 3.05) is 39.4 Å². The second-order valence-corrected chi connectivity index (χ2v) is 6.44. The predicted molar refractivity (Wildman–Crippen MR) is 85.1 cm³/mol. The van der Waals surface area contributed by atoms with E-state index in [9.17, 15) is 0 Å². The highest BCUT2D eigenvalue weighted by molar-refractivity contribution is 4.87. The number of hydrogen-bond acceptors (Lipinski definition) is 3. The molecule has 0 amide bonds. The third kappa shape index (κ3) is 5.34. The minimum Gasteiger partial charge on any atom is -0.382 e. The lowest BCUT2D eigenvalue weighted by molar-refractivity contribution is 0.143. The highest BCUT2D eigenvalue weighted by Gasteiger charge is 2.32. The molecule has 118 valence electrons. The molecule has 3 heteroatoms. The van der Waals surface area contributed by atoms with E-state index in [1.54, 1.807) is 0 Å². The minimum absolute atomic E-state index is 0.852. The summed E-state index contributed by atoms with van der Waals surface area (Å²) >= 11 is 0. The molecule has 3 nitrogen and oxygen atoms in total. The number of ether oxygens (including phenoxy) is 1. The molecule has 0 aromatic rings. The molecule has 20 heavy (non-hydrogen) atoms. The van der Waals surface area contributed by atoms with Crippen molar-refractivity contribution >= 4 is 0 Å². The topological polar surface area (TPSA) is 24.5 Å². The van der Waals surface area contributed by atoms with Crippen LogP contribution < -0.4 is 5.32 Å². The standard InChI is InChI=1S/C17H34N2O/c1-2-20-15-6-5-11-18-12-14-19-13-7-10-17(19)16-8-3-4-9-16/h16-18H,2-15H2,1H3. The van der Waals surface area contributed by atoms with Gasteiger partial charge >= 0.3 is 0 Å². The van der Waals surface area contributed by atoms with Gasteiger partial charge in [0.2, 0.25) is 0 Å². The van der Waals surface area contributed by atoms with E-state index in [4.69, 9.17) is 4.74 Å². The van der Waals surface area contributed by atoms with E-state index in [-0.39, 0.29) is 0 Å². The Bertz CT molecular complexity index is 241. The second kappa shape index (κ2) is 9.75. The van der Waals surface area contributed by atoms with Gasteiger partial charge in [0, 0.05) is 32.3 Å². The first-order valence-electron chi connectivity index (χ1n) is 8.94. The summed E-state index contributed by atoms with van der Waals surface area (Å²) in [5, 5.41) is 3.60. The molecule has 1 aliphatic carbocycles. The Morgan fingerprint density at radius 2 is 1.90 bits per heavy atom. The van der Waals surface area contributed by atoms with E-state index in [0.717, 1.165) is 38.3 Å². The van der Waals surface area contributed by atoms with Crippen molar-refractivity contribution in [3.05, 3.63) is 0 Å². The Morgan fingerprint density at radius 1 is 1.05 bits per heavy atom. The van der Waals surface area contributed by atoms with Gasteiger partial charge in [-0.2, -0.15) is 0 Å². The molecule has 1 saturated carbocycles. The van der Waals surface area contributed by atoms with Crippen LogP contribution in [0.4, 0.5) is 0 Å². The molecule has 0 spiro atoms. The van der Waals surface area contributed by atoms with Crippen molar-refractivity contribution < 1.29 is 4.74 Å². The van der Waals surface area contributed by atoms with Crippen LogP contribution in [0, 0.1) is 5.92 Å². The summed E-state index contributed by atoms with van der Waals surface area (Å²) in [6, 6.07) is 0.914. The normalized spacial score (nSPS) is 24.8. The fraction of sp³-hybridized carbons (Fsp3) is 1.00. The molecular formula is C17H34N2O. The van der Waals surface area contributed by atoms with Crippen molar-refractivity contribution in [1.29, 1.82) is 0 Å². The molecule has 1 saturated heterocycles. The highest BCUT2D eigenvalue weighted by atomic mass is 16.5. The number of nitrogens with zero attached hydrogens (tertiary/aromatic N) is 1. The zero-order chi connectivity index (χ0) is 14.0. The maximum absolute atomic E-state index is 5.36. The van der Waals surface area contributed by atoms with E-state index < -0.39 is 0 Å². The Kier molecular flexibility index (Phi) is 7.92. The summed E-state index contributed by atoms with van der Waals surface area (Å²) in [6.07, 6.45) is 11.3. The van der Waals surface area contributed by atoms with Gasteiger partial charge in [0.05, 0.1) is 0 Å². The lowest BCUT2D eigenvalue weighted by atomic mass is 9.96. The molecule has 0 aromatic heterocycles. The Morgan fingerprint density at radius 3 is 2.70 bits per heavy atom. The van der Waals surface area contributed by atoms with Crippen LogP contribution in [0.1, 0.15) is 58.3 Å². The van der Waals surface area contributed by atoms with Gasteiger partial charge in [0.1, 0.15) is 0 Å². The quantitative estimate of drug-likeness (QED) is 0.623. The molecule has 2 fully saturated rings. The van der Waals surface area contributed by atoms with Gasteiger partial charge in [-0.1, -0.05) is 12.8 Å². The summed E-state index contributed by atoms with van der Waals surface area (Å²) < 4.78 is 5.36. The van der Waals surface area contributed by atoms with E-state index in [0.29, 0.717) is 0 Å². The summed E-state index contributed by atoms with van der Waals surface area (Å²) in [4.78, 5) is 2.77. The number of unbranched alkanes of at least 4 members (excludes halogenated alkanes) is 1. The van der Waals surface area contributed by atoms with Gasteiger partial charge in [-0.05, 0) is 64.5 Å². The first-order chi connectivity index (χ1) is 9.92. The van der Waals surface area contributed by atoms with Crippen LogP contribution in [0.5, 0.6) is 0 Å². The Balaban J connectivity index is 1.50. The predicted octanol–water partition coefficient (Wildman–Crippen LogP) is 3.05. The van der Waals surface area contributed by atoms with Crippen LogP contribution in [0.15, 0.2) is 0 Å². The first-order valence-corrected chi connectivity index (χ1v) is 8.94. The Hall–Kier alpha value is -0.120. The third-order valence-electron chi connectivity index (χ3n) is 5.03. The maximum Gasteiger partial charge on any atom is 0.0466 e. The van der Waals surface area contributed by atoms with Crippen LogP contribution in [0.25, 0.3) is 0 Å². The smallest absolute Gasteiger partial charge is 0.0466 e. The second-order valence-electron chi connectivity index (χ2n) is 6.44. The lowest BCUT2D eigenvalue weighted by Crippen LogP contribution is -2.39. The highest BCUT2D eigenvalue weighted by Crippen LogP contribution is 2.35. The summed E-state index contributed by atoms with van der Waals surface area (Å²) in [5.41, 5.74) is 0. The SMILES string of the molecule is CCOCCCCNCCN1CCCC1C1CCCC1. The van der Waals surface area contributed by atoms with E-state index in [1.807, 2.05) is 0 Å². The van der Waals surface area contributed by atoms with E-state index in [1.165, 1.54) is 64.5 Å². The molecule has 2 aliphatic rings. The van der Waals surface area contributed by atoms with Crippen LogP contribution in [0.2, 0.25) is 0 Å². The average Bonchev–Trinajstić information content (AvgIpc) is 3.11. The van der Waals surface area contributed by atoms with Crippen LogP contribution in [-0.4, -0.2) is 50.3 Å². The van der Waals surface area contributed by atoms with Crippen molar-refractivity contribution in [3.8, 4) is 0 Å². The molecule has 1 aliphatic heterocycles. The van der Waals surface area contributed by atoms with Gasteiger partial charge in [0.25, 0.3) is 0 Å². The van der Waals surface area contributed by atoms with E-state index >= 15 is 0 Å². The minimum atomic E-state index is 0.852. The van der Waals surface area contributed by atoms with Crippen molar-refractivity contribution in [2.24, 2.45) is 5.92 Å². The molecule has 1 heterocycles. The van der Waals surface area contributed by atoms with Crippen LogP contribution in [-0.2, 0) is 4.74 Å². The summed E-state index contributed by atoms with van der Waals surface area (Å²) in [5.74, 6) is 1.02. The number of rotatable bonds is 10. The Labute approximate surface area is 125 Å². The van der Waals surface area contributed by atoms with Gasteiger partial charge in [-0.25, -0.2) is 0 Å². The van der Waals surface area contributed by atoms with Gasteiger partial charge in [0.15, 0.2) is 0 Å². The summed E-state index contributed by atoms with van der Waals surface area (Å²) in [6.45, 7) is 8.75. The van der Waals surface area contributed by atoms with Gasteiger partial charge in [-0.3, -0.25) is 4.90 Å². The zero-order valence-corrected chi connectivity index (χ0v) is 13.4. The molecule has 0 bridgehead atoms. The van der Waals surface area contributed by atoms with Crippen molar-refractivity contribution in [3.63, 3.8) is 0 Å². The number of nitrogens with one attached hydrogen (secondary N) is 1. The molecule has 0 aromatic carbocycles.